The molecule has 0 aliphatic rings. The van der Waals surface area contributed by atoms with Crippen molar-refractivity contribution in [1.82, 2.24) is 5.32 Å². The van der Waals surface area contributed by atoms with Gasteiger partial charge in [0, 0.05) is 29.5 Å². The first-order chi connectivity index (χ1) is 10.6. The van der Waals surface area contributed by atoms with E-state index in [4.69, 9.17) is 0 Å². The molecular weight excluding hydrogens is 364 g/mol. The smallest absolute Gasteiger partial charge is 0.226 e. The van der Waals surface area contributed by atoms with Gasteiger partial charge in [0.15, 0.2) is 0 Å². The molecule has 0 spiro atoms. The van der Waals surface area contributed by atoms with Crippen molar-refractivity contribution in [1.29, 1.82) is 0 Å². The molecule has 0 atom stereocenters. The highest BCUT2D eigenvalue weighted by Crippen LogP contribution is 2.14. The van der Waals surface area contributed by atoms with Gasteiger partial charge in [-0.2, -0.15) is 11.3 Å². The van der Waals surface area contributed by atoms with Crippen molar-refractivity contribution in [2.45, 2.75) is 19.3 Å². The van der Waals surface area contributed by atoms with Crippen LogP contribution < -0.4 is 10.6 Å². The van der Waals surface area contributed by atoms with Crippen molar-refractivity contribution in [3.05, 3.63) is 51.1 Å². The molecule has 116 valence electrons. The number of carbonyl (C=O) groups excluding carboxylic acids is 2. The molecule has 2 rings (SSSR count). The van der Waals surface area contributed by atoms with E-state index in [0.717, 1.165) is 16.6 Å². The number of thiophene rings is 1. The van der Waals surface area contributed by atoms with E-state index >= 15 is 0 Å². The molecule has 2 amide bonds. The Labute approximate surface area is 142 Å². The largest absolute Gasteiger partial charge is 0.356 e. The Morgan fingerprint density at radius 1 is 1.05 bits per heavy atom. The quantitative estimate of drug-likeness (QED) is 0.770. The van der Waals surface area contributed by atoms with Gasteiger partial charge in [-0.1, -0.05) is 15.9 Å². The average Bonchev–Trinajstić information content (AvgIpc) is 3.01. The lowest BCUT2D eigenvalue weighted by molar-refractivity contribution is -0.121. The summed E-state index contributed by atoms with van der Waals surface area (Å²) in [6, 6.07) is 9.39. The molecule has 0 radical (unpaired) electrons. The first-order valence-electron chi connectivity index (χ1n) is 6.96. The molecule has 0 saturated carbocycles. The van der Waals surface area contributed by atoms with Crippen molar-refractivity contribution >= 4 is 44.8 Å². The summed E-state index contributed by atoms with van der Waals surface area (Å²) in [4.78, 5) is 23.4. The fraction of sp³-hybridized carbons (Fsp3) is 0.250. The summed E-state index contributed by atoms with van der Waals surface area (Å²) in [5, 5.41) is 9.59. The Bertz CT molecular complexity index is 612. The molecule has 0 bridgehead atoms. The lowest BCUT2D eigenvalue weighted by Gasteiger charge is -2.07. The Hall–Kier alpha value is -1.66. The summed E-state index contributed by atoms with van der Waals surface area (Å²) in [6.07, 6.45) is 1.45. The molecule has 0 saturated heterocycles. The van der Waals surface area contributed by atoms with Gasteiger partial charge < -0.3 is 10.6 Å². The van der Waals surface area contributed by atoms with E-state index in [1.807, 2.05) is 41.1 Å². The monoisotopic (exact) mass is 380 g/mol. The minimum absolute atomic E-state index is 0.0253. The number of carbonyl (C=O) groups is 2. The van der Waals surface area contributed by atoms with Crippen LogP contribution in [0.3, 0.4) is 0 Å². The van der Waals surface area contributed by atoms with Crippen molar-refractivity contribution in [2.75, 3.05) is 11.9 Å². The second-order valence-electron chi connectivity index (χ2n) is 4.79. The Balaban J connectivity index is 1.62. The molecular formula is C16H17BrN2O2S. The van der Waals surface area contributed by atoms with Crippen molar-refractivity contribution in [3.8, 4) is 0 Å². The van der Waals surface area contributed by atoms with Crippen LogP contribution in [0.15, 0.2) is 45.6 Å². The standard InChI is InChI=1S/C16H17BrN2O2S/c17-13-2-4-14(5-3-13)19-16(21)7-9-18-15(20)6-1-12-8-10-22-11-12/h2-5,8,10-11H,1,6-7,9H2,(H,18,20)(H,19,21). The number of anilines is 1. The van der Waals surface area contributed by atoms with E-state index in [2.05, 4.69) is 26.6 Å². The van der Waals surface area contributed by atoms with E-state index in [1.54, 1.807) is 11.3 Å². The van der Waals surface area contributed by atoms with E-state index in [0.29, 0.717) is 13.0 Å². The maximum atomic E-state index is 11.8. The predicted molar refractivity (Wildman–Crippen MR) is 93.0 cm³/mol. The average molecular weight is 381 g/mol. The number of halogens is 1. The molecule has 2 N–H and O–H groups in total. The van der Waals surface area contributed by atoms with E-state index in [9.17, 15) is 9.59 Å². The zero-order valence-corrected chi connectivity index (χ0v) is 14.4. The number of hydrogen-bond acceptors (Lipinski definition) is 3. The molecule has 22 heavy (non-hydrogen) atoms. The van der Waals surface area contributed by atoms with Crippen molar-refractivity contribution < 1.29 is 9.59 Å². The van der Waals surface area contributed by atoms with E-state index in [1.165, 1.54) is 5.56 Å². The minimum Gasteiger partial charge on any atom is -0.356 e. The Morgan fingerprint density at radius 3 is 2.50 bits per heavy atom. The third kappa shape index (κ3) is 5.99. The van der Waals surface area contributed by atoms with Gasteiger partial charge in [-0.15, -0.1) is 0 Å². The fourth-order valence-corrected chi connectivity index (χ4v) is 2.82. The van der Waals surface area contributed by atoms with Gasteiger partial charge in [-0.3, -0.25) is 9.59 Å². The number of rotatable bonds is 7. The van der Waals surface area contributed by atoms with Crippen LogP contribution in [0.5, 0.6) is 0 Å². The zero-order valence-electron chi connectivity index (χ0n) is 12.0. The summed E-state index contributed by atoms with van der Waals surface area (Å²) < 4.78 is 0.961. The van der Waals surface area contributed by atoms with Gasteiger partial charge in [-0.25, -0.2) is 0 Å². The van der Waals surface area contributed by atoms with Gasteiger partial charge in [-0.05, 0) is 53.1 Å². The van der Waals surface area contributed by atoms with Crippen LogP contribution in [0, 0.1) is 0 Å². The maximum absolute atomic E-state index is 11.8. The van der Waals surface area contributed by atoms with Crippen LogP contribution in [0.1, 0.15) is 18.4 Å². The van der Waals surface area contributed by atoms with Crippen molar-refractivity contribution in [2.24, 2.45) is 0 Å². The summed E-state index contributed by atoms with van der Waals surface area (Å²) in [6.45, 7) is 0.352. The third-order valence-electron chi connectivity index (χ3n) is 3.02. The van der Waals surface area contributed by atoms with Crippen LogP contribution in [-0.2, 0) is 16.0 Å². The SMILES string of the molecule is O=C(CCc1ccsc1)NCCC(=O)Nc1ccc(Br)cc1. The molecule has 2 aromatic rings. The minimum atomic E-state index is -0.111. The van der Waals surface area contributed by atoms with E-state index in [-0.39, 0.29) is 18.2 Å². The zero-order chi connectivity index (χ0) is 15.8. The highest BCUT2D eigenvalue weighted by atomic mass is 79.9. The molecule has 0 fully saturated rings. The second kappa shape index (κ2) is 8.70. The van der Waals surface area contributed by atoms with Gasteiger partial charge in [0.2, 0.25) is 11.8 Å². The molecule has 6 heteroatoms. The van der Waals surface area contributed by atoms with Crippen LogP contribution >= 0.6 is 27.3 Å². The summed E-state index contributed by atoms with van der Waals surface area (Å²) in [7, 11) is 0. The molecule has 0 aliphatic heterocycles. The summed E-state index contributed by atoms with van der Waals surface area (Å²) >= 11 is 4.97. The van der Waals surface area contributed by atoms with Gasteiger partial charge in [0.25, 0.3) is 0 Å². The highest BCUT2D eigenvalue weighted by Gasteiger charge is 2.05. The number of nitrogens with one attached hydrogen (secondary N) is 2. The molecule has 1 aromatic heterocycles. The second-order valence-corrected chi connectivity index (χ2v) is 6.48. The van der Waals surface area contributed by atoms with E-state index < -0.39 is 0 Å². The fourth-order valence-electron chi connectivity index (χ4n) is 1.85. The number of benzene rings is 1. The van der Waals surface area contributed by atoms with Crippen LogP contribution in [0.2, 0.25) is 0 Å². The van der Waals surface area contributed by atoms with Gasteiger partial charge in [0.1, 0.15) is 0 Å². The Morgan fingerprint density at radius 2 is 1.82 bits per heavy atom. The Kier molecular flexibility index (Phi) is 6.61. The third-order valence-corrected chi connectivity index (χ3v) is 4.28. The number of hydrogen-bond donors (Lipinski definition) is 2. The summed E-state index contributed by atoms with van der Waals surface area (Å²) in [5.74, 6) is -0.136. The van der Waals surface area contributed by atoms with Gasteiger partial charge in [0.05, 0.1) is 0 Å². The predicted octanol–water partition coefficient (Wildman–Crippen LogP) is 3.59. The number of amides is 2. The topological polar surface area (TPSA) is 58.2 Å². The lowest BCUT2D eigenvalue weighted by Crippen LogP contribution is -2.27. The van der Waals surface area contributed by atoms with Gasteiger partial charge >= 0.3 is 0 Å². The summed E-state index contributed by atoms with van der Waals surface area (Å²) in [5.41, 5.74) is 1.92. The molecule has 1 aromatic carbocycles. The first kappa shape index (κ1) is 16.7. The molecule has 4 nitrogen and oxygen atoms in total. The highest BCUT2D eigenvalue weighted by molar-refractivity contribution is 9.10. The number of aryl methyl sites for hydroxylation is 1. The molecule has 1 heterocycles. The maximum Gasteiger partial charge on any atom is 0.226 e. The molecule has 0 aliphatic carbocycles. The molecule has 0 unspecified atom stereocenters. The van der Waals surface area contributed by atoms with Crippen LogP contribution in [0.4, 0.5) is 5.69 Å². The van der Waals surface area contributed by atoms with Crippen LogP contribution in [0.25, 0.3) is 0 Å². The lowest BCUT2D eigenvalue weighted by atomic mass is 10.2. The van der Waals surface area contributed by atoms with Crippen molar-refractivity contribution in [3.63, 3.8) is 0 Å². The normalized spacial score (nSPS) is 10.2. The first-order valence-corrected chi connectivity index (χ1v) is 8.70. The van der Waals surface area contributed by atoms with Crippen LogP contribution in [-0.4, -0.2) is 18.4 Å².